The molecule has 1 aromatic carbocycles. The van der Waals surface area contributed by atoms with E-state index >= 15 is 0 Å². The molecule has 0 atom stereocenters. The number of carbonyl (C=O) groups is 2. The van der Waals surface area contributed by atoms with E-state index in [4.69, 9.17) is 9.47 Å². The van der Waals surface area contributed by atoms with Crippen LogP contribution in [0.15, 0.2) is 40.7 Å². The second-order valence-corrected chi connectivity index (χ2v) is 6.81. The Morgan fingerprint density at radius 3 is 2.71 bits per heavy atom. The van der Waals surface area contributed by atoms with E-state index in [9.17, 15) is 9.59 Å². The highest BCUT2D eigenvalue weighted by Gasteiger charge is 2.24. The van der Waals surface area contributed by atoms with Crippen molar-refractivity contribution >= 4 is 23.8 Å². The predicted molar refractivity (Wildman–Crippen MR) is 104 cm³/mol. The lowest BCUT2D eigenvalue weighted by atomic mass is 10.2. The van der Waals surface area contributed by atoms with Gasteiger partial charge in [-0.3, -0.25) is 0 Å². The average molecular weight is 403 g/mol. The van der Waals surface area contributed by atoms with Crippen LogP contribution in [0.1, 0.15) is 6.92 Å². The van der Waals surface area contributed by atoms with Gasteiger partial charge >= 0.3 is 12.0 Å². The minimum atomic E-state index is -0.442. The lowest BCUT2D eigenvalue weighted by Gasteiger charge is -2.20. The number of methoxy groups -OCH3 is 1. The van der Waals surface area contributed by atoms with Crippen LogP contribution in [0.4, 0.5) is 4.79 Å². The Labute approximate surface area is 166 Å². The highest BCUT2D eigenvalue weighted by molar-refractivity contribution is 7.99. The van der Waals surface area contributed by atoms with Gasteiger partial charge < -0.3 is 24.7 Å². The van der Waals surface area contributed by atoms with Gasteiger partial charge in [0, 0.05) is 24.1 Å². The third kappa shape index (κ3) is 4.28. The number of nitrogens with zero attached hydrogens (tertiary/aromatic N) is 3. The van der Waals surface area contributed by atoms with Crippen LogP contribution in [0.2, 0.25) is 0 Å². The first-order valence-corrected chi connectivity index (χ1v) is 9.62. The molecule has 148 valence electrons. The van der Waals surface area contributed by atoms with E-state index in [1.807, 2.05) is 35.9 Å². The summed E-state index contributed by atoms with van der Waals surface area (Å²) in [6.07, 6.45) is 0. The monoisotopic (exact) mass is 403 g/mol. The molecule has 2 aromatic rings. The number of urea groups is 1. The Morgan fingerprint density at radius 2 is 2.04 bits per heavy atom. The smallest absolute Gasteiger partial charge is 0.337 e. The maximum atomic E-state index is 12.1. The molecule has 3 rings (SSSR count). The fourth-order valence-electron chi connectivity index (χ4n) is 2.64. The first-order chi connectivity index (χ1) is 13.5. The molecule has 9 nitrogen and oxygen atoms in total. The number of benzene rings is 1. The van der Waals surface area contributed by atoms with Crippen LogP contribution in [-0.2, 0) is 16.6 Å². The molecule has 0 spiro atoms. The predicted octanol–water partition coefficient (Wildman–Crippen LogP) is 1.71. The molecule has 0 fully saturated rings. The van der Waals surface area contributed by atoms with Crippen LogP contribution in [0.25, 0.3) is 11.4 Å². The Hall–Kier alpha value is -3.01. The minimum absolute atomic E-state index is 0.135. The molecule has 0 bridgehead atoms. The van der Waals surface area contributed by atoms with Gasteiger partial charge in [0.05, 0.1) is 25.8 Å². The molecule has 1 aromatic heterocycles. The molecule has 0 radical (unpaired) electrons. The summed E-state index contributed by atoms with van der Waals surface area (Å²) in [6, 6.07) is 7.19. The van der Waals surface area contributed by atoms with Crippen molar-refractivity contribution in [3.8, 4) is 17.1 Å². The van der Waals surface area contributed by atoms with Gasteiger partial charge in [-0.2, -0.15) is 0 Å². The van der Waals surface area contributed by atoms with Crippen molar-refractivity contribution in [2.45, 2.75) is 12.1 Å². The van der Waals surface area contributed by atoms with Crippen LogP contribution < -0.4 is 15.4 Å². The van der Waals surface area contributed by atoms with Crippen LogP contribution in [0.5, 0.6) is 5.75 Å². The van der Waals surface area contributed by atoms with Crippen molar-refractivity contribution in [1.82, 2.24) is 25.4 Å². The van der Waals surface area contributed by atoms with Crippen molar-refractivity contribution in [3.63, 3.8) is 0 Å². The van der Waals surface area contributed by atoms with Gasteiger partial charge in [0.2, 0.25) is 0 Å². The largest absolute Gasteiger partial charge is 0.497 e. The van der Waals surface area contributed by atoms with Crippen molar-refractivity contribution in [1.29, 1.82) is 0 Å². The topological polar surface area (TPSA) is 107 Å². The zero-order valence-corrected chi connectivity index (χ0v) is 16.6. The zero-order valence-electron chi connectivity index (χ0n) is 15.8. The molecule has 0 saturated carbocycles. The zero-order chi connectivity index (χ0) is 20.1. The number of hydrogen-bond acceptors (Lipinski definition) is 7. The molecule has 0 saturated heterocycles. The van der Waals surface area contributed by atoms with Gasteiger partial charge in [-0.05, 0) is 31.2 Å². The average Bonchev–Trinajstić information content (AvgIpc) is 3.07. The van der Waals surface area contributed by atoms with Crippen molar-refractivity contribution < 1.29 is 19.1 Å². The summed E-state index contributed by atoms with van der Waals surface area (Å²) in [6.45, 7) is 2.14. The summed E-state index contributed by atoms with van der Waals surface area (Å²) in [5.74, 6) is 1.39. The molecular weight excluding hydrogens is 382 g/mol. The second kappa shape index (κ2) is 8.79. The van der Waals surface area contributed by atoms with E-state index in [2.05, 4.69) is 20.8 Å². The Bertz CT molecular complexity index is 907. The summed E-state index contributed by atoms with van der Waals surface area (Å²) in [7, 11) is 3.48. The van der Waals surface area contributed by atoms with Crippen LogP contribution >= 0.6 is 11.8 Å². The van der Waals surface area contributed by atoms with Crippen molar-refractivity contribution in [2.75, 3.05) is 26.0 Å². The lowest BCUT2D eigenvalue weighted by Crippen LogP contribution is -2.44. The Balaban J connectivity index is 1.77. The second-order valence-electron chi connectivity index (χ2n) is 5.87. The first-order valence-electron chi connectivity index (χ1n) is 8.64. The van der Waals surface area contributed by atoms with E-state index in [0.29, 0.717) is 28.0 Å². The number of rotatable bonds is 7. The normalized spacial score (nSPS) is 13.8. The fraction of sp³-hybridized carbons (Fsp3) is 0.333. The number of thioether (sulfide) groups is 1. The SMILES string of the molecule is CCOC(=O)C1=C(CSc2nnc(-c3ccc(OC)cc3)n2C)NC(=O)NC1. The van der Waals surface area contributed by atoms with E-state index in [-0.39, 0.29) is 19.2 Å². The summed E-state index contributed by atoms with van der Waals surface area (Å²) < 4.78 is 12.1. The van der Waals surface area contributed by atoms with Gasteiger partial charge in [-0.15, -0.1) is 10.2 Å². The minimum Gasteiger partial charge on any atom is -0.497 e. The number of aromatic nitrogens is 3. The standard InChI is InChI=1S/C18H21N5O4S/c1-4-27-16(24)13-9-19-17(25)20-14(13)10-28-18-22-21-15(23(18)2)11-5-7-12(26-3)8-6-11/h5-8H,4,9-10H2,1-3H3,(H2,19,20,25). The molecule has 2 heterocycles. The summed E-state index contributed by atoms with van der Waals surface area (Å²) in [5.41, 5.74) is 1.83. The maximum Gasteiger partial charge on any atom is 0.337 e. The number of amides is 2. The third-order valence-corrected chi connectivity index (χ3v) is 5.15. The highest BCUT2D eigenvalue weighted by Crippen LogP contribution is 2.26. The van der Waals surface area contributed by atoms with E-state index < -0.39 is 5.97 Å². The Kier molecular flexibility index (Phi) is 6.19. The summed E-state index contributed by atoms with van der Waals surface area (Å²) in [4.78, 5) is 23.8. The molecule has 1 aliphatic heterocycles. The molecule has 0 aliphatic carbocycles. The molecule has 0 unspecified atom stereocenters. The van der Waals surface area contributed by atoms with E-state index in [1.54, 1.807) is 14.0 Å². The van der Waals surface area contributed by atoms with Crippen LogP contribution in [0, 0.1) is 0 Å². The third-order valence-electron chi connectivity index (χ3n) is 4.10. The Morgan fingerprint density at radius 1 is 1.29 bits per heavy atom. The van der Waals surface area contributed by atoms with Crippen LogP contribution in [-0.4, -0.2) is 52.8 Å². The highest BCUT2D eigenvalue weighted by atomic mass is 32.2. The van der Waals surface area contributed by atoms with Gasteiger partial charge in [-0.1, -0.05) is 11.8 Å². The van der Waals surface area contributed by atoms with E-state index in [1.165, 1.54) is 11.8 Å². The number of carbonyl (C=O) groups excluding carboxylic acids is 2. The van der Waals surface area contributed by atoms with Gasteiger partial charge in [0.15, 0.2) is 11.0 Å². The molecule has 28 heavy (non-hydrogen) atoms. The molecule has 1 aliphatic rings. The van der Waals surface area contributed by atoms with Gasteiger partial charge in [0.1, 0.15) is 5.75 Å². The fourth-order valence-corrected chi connectivity index (χ4v) is 3.54. The number of esters is 1. The van der Waals surface area contributed by atoms with Crippen LogP contribution in [0.3, 0.4) is 0 Å². The van der Waals surface area contributed by atoms with Gasteiger partial charge in [0.25, 0.3) is 0 Å². The molecule has 10 heteroatoms. The van der Waals surface area contributed by atoms with Crippen molar-refractivity contribution in [3.05, 3.63) is 35.5 Å². The maximum absolute atomic E-state index is 12.1. The number of nitrogens with one attached hydrogen (secondary N) is 2. The van der Waals surface area contributed by atoms with Crippen molar-refractivity contribution in [2.24, 2.45) is 7.05 Å². The lowest BCUT2D eigenvalue weighted by molar-refractivity contribution is -0.138. The first kappa shape index (κ1) is 19.7. The molecular formula is C18H21N5O4S. The summed E-state index contributed by atoms with van der Waals surface area (Å²) >= 11 is 1.37. The van der Waals surface area contributed by atoms with Gasteiger partial charge in [-0.25, -0.2) is 9.59 Å². The summed E-state index contributed by atoms with van der Waals surface area (Å²) in [5, 5.41) is 14.4. The quantitative estimate of drug-likeness (QED) is 0.535. The van der Waals surface area contributed by atoms with E-state index in [0.717, 1.165) is 11.3 Å². The molecule has 2 amide bonds. The molecule has 2 N–H and O–H groups in total. The number of hydrogen-bond donors (Lipinski definition) is 2. The number of ether oxygens (including phenoxy) is 2.